The summed E-state index contributed by atoms with van der Waals surface area (Å²) in [5.41, 5.74) is 2.19. The van der Waals surface area contributed by atoms with Gasteiger partial charge in [0.25, 0.3) is 0 Å². The first-order valence-electron chi connectivity index (χ1n) is 8.35. The molecule has 1 aromatic heterocycles. The molecule has 26 heavy (non-hydrogen) atoms. The van der Waals surface area contributed by atoms with Crippen molar-refractivity contribution in [3.05, 3.63) is 75.7 Å². The number of aliphatic hydroxyl groups excluding tert-OH is 1. The van der Waals surface area contributed by atoms with Crippen molar-refractivity contribution in [1.82, 2.24) is 4.57 Å². The SMILES string of the molecule is OC(COc1ccccc1)Cn1c2ccc(Br)cc2c2cc(Br)ccc21. The number of rotatable bonds is 5. The minimum absolute atomic E-state index is 0.248. The van der Waals surface area contributed by atoms with Crippen LogP contribution in [0.5, 0.6) is 5.75 Å². The van der Waals surface area contributed by atoms with Crippen LogP contribution in [0.25, 0.3) is 21.8 Å². The molecule has 0 bridgehead atoms. The second-order valence-electron chi connectivity index (χ2n) is 6.21. The maximum absolute atomic E-state index is 10.5. The standard InChI is InChI=1S/C21H17Br2NO2/c22-14-6-8-20-18(10-14)19-11-15(23)7-9-21(19)24(20)12-16(25)13-26-17-4-2-1-3-5-17/h1-11,16,25H,12-13H2. The third kappa shape index (κ3) is 3.52. The van der Waals surface area contributed by atoms with Crippen LogP contribution in [0.1, 0.15) is 0 Å². The fraction of sp³-hybridized carbons (Fsp3) is 0.143. The lowest BCUT2D eigenvalue weighted by Crippen LogP contribution is -2.23. The largest absolute Gasteiger partial charge is 0.491 e. The summed E-state index contributed by atoms with van der Waals surface area (Å²) in [6.45, 7) is 0.717. The number of fused-ring (bicyclic) bond motifs is 3. The second-order valence-corrected chi connectivity index (χ2v) is 8.04. The maximum atomic E-state index is 10.5. The molecule has 1 atom stereocenters. The van der Waals surface area contributed by atoms with Gasteiger partial charge in [-0.15, -0.1) is 0 Å². The van der Waals surface area contributed by atoms with Crippen LogP contribution in [-0.2, 0) is 6.54 Å². The summed E-state index contributed by atoms with van der Waals surface area (Å²) in [6.07, 6.45) is -0.610. The maximum Gasteiger partial charge on any atom is 0.119 e. The van der Waals surface area contributed by atoms with Crippen LogP contribution in [0.2, 0.25) is 0 Å². The number of hydrogen-bond donors (Lipinski definition) is 1. The Labute approximate surface area is 168 Å². The van der Waals surface area contributed by atoms with Crippen LogP contribution in [0.4, 0.5) is 0 Å². The van der Waals surface area contributed by atoms with E-state index in [-0.39, 0.29) is 6.61 Å². The van der Waals surface area contributed by atoms with E-state index in [0.717, 1.165) is 36.5 Å². The van der Waals surface area contributed by atoms with Gasteiger partial charge in [0, 0.05) is 30.8 Å². The first kappa shape index (κ1) is 17.6. The highest BCUT2D eigenvalue weighted by Gasteiger charge is 2.15. The lowest BCUT2D eigenvalue weighted by Gasteiger charge is -2.15. The summed E-state index contributed by atoms with van der Waals surface area (Å²) >= 11 is 7.11. The molecular weight excluding hydrogens is 458 g/mol. The van der Waals surface area contributed by atoms with Gasteiger partial charge in [-0.2, -0.15) is 0 Å². The molecule has 0 spiro atoms. The monoisotopic (exact) mass is 473 g/mol. The molecule has 0 aliphatic heterocycles. The number of benzene rings is 3. The Hall–Kier alpha value is -1.82. The van der Waals surface area contributed by atoms with E-state index in [1.807, 2.05) is 42.5 Å². The molecule has 0 saturated heterocycles. The van der Waals surface area contributed by atoms with E-state index in [2.05, 4.69) is 60.7 Å². The first-order valence-corrected chi connectivity index (χ1v) is 9.93. The smallest absolute Gasteiger partial charge is 0.119 e. The molecule has 4 aromatic rings. The molecule has 0 amide bonds. The molecule has 3 nitrogen and oxygen atoms in total. The number of para-hydroxylation sites is 1. The van der Waals surface area contributed by atoms with Crippen molar-refractivity contribution in [3.63, 3.8) is 0 Å². The number of aliphatic hydroxyl groups is 1. The summed E-state index contributed by atoms with van der Waals surface area (Å²) in [5.74, 6) is 0.765. The van der Waals surface area contributed by atoms with Crippen molar-refractivity contribution in [1.29, 1.82) is 0 Å². The highest BCUT2D eigenvalue weighted by molar-refractivity contribution is 9.10. The van der Waals surface area contributed by atoms with Crippen molar-refractivity contribution < 1.29 is 9.84 Å². The lowest BCUT2D eigenvalue weighted by molar-refractivity contribution is 0.0945. The van der Waals surface area contributed by atoms with Gasteiger partial charge < -0.3 is 14.4 Å². The molecular formula is C21H17Br2NO2. The summed E-state index contributed by atoms with van der Waals surface area (Å²) in [4.78, 5) is 0. The Bertz CT molecular complexity index is 1000. The molecule has 5 heteroatoms. The number of ether oxygens (including phenoxy) is 1. The average Bonchev–Trinajstić information content (AvgIpc) is 2.93. The quantitative estimate of drug-likeness (QED) is 0.399. The van der Waals surface area contributed by atoms with Crippen molar-refractivity contribution in [3.8, 4) is 5.75 Å². The highest BCUT2D eigenvalue weighted by atomic mass is 79.9. The van der Waals surface area contributed by atoms with Gasteiger partial charge in [-0.05, 0) is 48.5 Å². The zero-order chi connectivity index (χ0) is 18.1. The highest BCUT2D eigenvalue weighted by Crippen LogP contribution is 2.33. The zero-order valence-corrected chi connectivity index (χ0v) is 17.1. The van der Waals surface area contributed by atoms with E-state index < -0.39 is 6.10 Å². The van der Waals surface area contributed by atoms with Crippen LogP contribution in [0.3, 0.4) is 0 Å². The van der Waals surface area contributed by atoms with Gasteiger partial charge in [0.15, 0.2) is 0 Å². The molecule has 3 aromatic carbocycles. The van der Waals surface area contributed by atoms with Crippen LogP contribution in [0, 0.1) is 0 Å². The van der Waals surface area contributed by atoms with Crippen molar-refractivity contribution in [2.45, 2.75) is 12.6 Å². The number of hydrogen-bond acceptors (Lipinski definition) is 2. The third-order valence-corrected chi connectivity index (χ3v) is 5.35. The van der Waals surface area contributed by atoms with Crippen LogP contribution >= 0.6 is 31.9 Å². The number of halogens is 2. The van der Waals surface area contributed by atoms with E-state index in [1.54, 1.807) is 0 Å². The van der Waals surface area contributed by atoms with E-state index in [9.17, 15) is 5.11 Å². The third-order valence-electron chi connectivity index (χ3n) is 4.37. The van der Waals surface area contributed by atoms with E-state index in [1.165, 1.54) is 0 Å². The summed E-state index contributed by atoms with van der Waals surface area (Å²) in [6, 6.07) is 22.0. The topological polar surface area (TPSA) is 34.4 Å². The molecule has 0 fully saturated rings. The minimum atomic E-state index is -0.610. The molecule has 0 radical (unpaired) electrons. The Morgan fingerprint density at radius 2 is 1.42 bits per heavy atom. The molecule has 1 unspecified atom stereocenters. The lowest BCUT2D eigenvalue weighted by atomic mass is 10.2. The van der Waals surface area contributed by atoms with Gasteiger partial charge in [0.05, 0.1) is 6.54 Å². The van der Waals surface area contributed by atoms with Crippen molar-refractivity contribution in [2.75, 3.05) is 6.61 Å². The zero-order valence-electron chi connectivity index (χ0n) is 13.9. The van der Waals surface area contributed by atoms with Gasteiger partial charge >= 0.3 is 0 Å². The Kier molecular flexibility index (Phi) is 5.02. The summed E-state index contributed by atoms with van der Waals surface area (Å²) in [5, 5.41) is 12.9. The minimum Gasteiger partial charge on any atom is -0.491 e. The van der Waals surface area contributed by atoms with E-state index in [0.29, 0.717) is 6.54 Å². The van der Waals surface area contributed by atoms with Gasteiger partial charge in [0.1, 0.15) is 18.5 Å². The fourth-order valence-corrected chi connectivity index (χ4v) is 3.94. The first-order chi connectivity index (χ1) is 12.6. The molecule has 0 aliphatic carbocycles. The second kappa shape index (κ2) is 7.43. The van der Waals surface area contributed by atoms with Crippen LogP contribution in [0.15, 0.2) is 75.7 Å². The van der Waals surface area contributed by atoms with Gasteiger partial charge in [-0.3, -0.25) is 0 Å². The number of aromatic nitrogens is 1. The van der Waals surface area contributed by atoms with Crippen LogP contribution in [-0.4, -0.2) is 22.4 Å². The van der Waals surface area contributed by atoms with E-state index in [4.69, 9.17) is 4.74 Å². The van der Waals surface area contributed by atoms with Crippen molar-refractivity contribution >= 4 is 53.7 Å². The molecule has 132 valence electrons. The number of nitrogens with zero attached hydrogens (tertiary/aromatic N) is 1. The van der Waals surface area contributed by atoms with Gasteiger partial charge in [-0.1, -0.05) is 50.1 Å². The predicted molar refractivity (Wildman–Crippen MR) is 113 cm³/mol. The Morgan fingerprint density at radius 1 is 0.846 bits per heavy atom. The summed E-state index contributed by atoms with van der Waals surface area (Å²) in [7, 11) is 0. The average molecular weight is 475 g/mol. The Balaban J connectivity index is 1.66. The van der Waals surface area contributed by atoms with Gasteiger partial charge in [0.2, 0.25) is 0 Å². The molecule has 1 heterocycles. The predicted octanol–water partition coefficient (Wildman–Crippen LogP) is 5.76. The molecule has 0 saturated carbocycles. The van der Waals surface area contributed by atoms with E-state index >= 15 is 0 Å². The molecule has 4 rings (SSSR count). The normalized spacial score (nSPS) is 12.6. The molecule has 0 aliphatic rings. The summed E-state index contributed by atoms with van der Waals surface area (Å²) < 4.78 is 9.93. The fourth-order valence-electron chi connectivity index (χ4n) is 3.22. The van der Waals surface area contributed by atoms with Crippen molar-refractivity contribution in [2.24, 2.45) is 0 Å². The van der Waals surface area contributed by atoms with Gasteiger partial charge in [-0.25, -0.2) is 0 Å². The Morgan fingerprint density at radius 3 is 2.00 bits per heavy atom. The van der Waals surface area contributed by atoms with Crippen LogP contribution < -0.4 is 4.74 Å². The molecule has 1 N–H and O–H groups in total.